The lowest BCUT2D eigenvalue weighted by Gasteiger charge is -1.97. The number of hydrogen-bond acceptors (Lipinski definition) is 3. The van der Waals surface area contributed by atoms with Gasteiger partial charge in [0.25, 0.3) is 5.69 Å². The summed E-state index contributed by atoms with van der Waals surface area (Å²) in [7, 11) is 0. The van der Waals surface area contributed by atoms with E-state index in [-0.39, 0.29) is 12.1 Å². The van der Waals surface area contributed by atoms with Gasteiger partial charge >= 0.3 is 0 Å². The first-order valence-corrected chi connectivity index (χ1v) is 4.70. The lowest BCUT2D eigenvalue weighted by Crippen LogP contribution is -2.07. The zero-order valence-corrected chi connectivity index (χ0v) is 8.84. The summed E-state index contributed by atoms with van der Waals surface area (Å²) in [4.78, 5) is 20.6. The van der Waals surface area contributed by atoms with Crippen molar-refractivity contribution in [3.8, 4) is 0 Å². The number of primary amides is 1. The Morgan fingerprint density at radius 3 is 2.75 bits per heavy atom. The summed E-state index contributed by atoms with van der Waals surface area (Å²) in [5.41, 5.74) is 6.49. The zero-order chi connectivity index (χ0) is 12.1. The summed E-state index contributed by atoms with van der Waals surface area (Å²) < 4.78 is 0. The van der Waals surface area contributed by atoms with Crippen LogP contribution in [-0.4, -0.2) is 10.8 Å². The van der Waals surface area contributed by atoms with Crippen molar-refractivity contribution in [3.05, 3.63) is 45.5 Å². The molecule has 1 aromatic carbocycles. The fraction of sp³-hybridized carbons (Fsp3) is 0.182. The summed E-state index contributed by atoms with van der Waals surface area (Å²) >= 11 is 0. The molecule has 0 fully saturated rings. The van der Waals surface area contributed by atoms with Crippen LogP contribution in [0.15, 0.2) is 24.3 Å². The number of nitrogens with two attached hydrogens (primary N) is 1. The standard InChI is InChI=1S/C11H12N2O3/c1-8-5-9(3-2-4-11(12)14)7-10(6-8)13(15)16/h2-3,5-7H,4H2,1H3,(H2,12,14). The molecule has 16 heavy (non-hydrogen) atoms. The van der Waals surface area contributed by atoms with Gasteiger partial charge in [0.05, 0.1) is 4.92 Å². The van der Waals surface area contributed by atoms with E-state index in [1.165, 1.54) is 12.1 Å². The molecule has 2 N–H and O–H groups in total. The summed E-state index contributed by atoms with van der Waals surface area (Å²) in [6.45, 7) is 1.78. The van der Waals surface area contributed by atoms with Crippen molar-refractivity contribution in [2.45, 2.75) is 13.3 Å². The zero-order valence-electron chi connectivity index (χ0n) is 8.84. The van der Waals surface area contributed by atoms with E-state index < -0.39 is 10.8 Å². The average molecular weight is 220 g/mol. The Morgan fingerprint density at radius 1 is 1.50 bits per heavy atom. The summed E-state index contributed by atoms with van der Waals surface area (Å²) in [6, 6.07) is 4.74. The molecule has 0 radical (unpaired) electrons. The summed E-state index contributed by atoms with van der Waals surface area (Å²) in [5.74, 6) is -0.432. The van der Waals surface area contributed by atoms with E-state index in [1.807, 2.05) is 0 Å². The number of non-ortho nitro benzene ring substituents is 1. The minimum Gasteiger partial charge on any atom is -0.369 e. The monoisotopic (exact) mass is 220 g/mol. The third kappa shape index (κ3) is 3.53. The van der Waals surface area contributed by atoms with Crippen LogP contribution in [0.25, 0.3) is 6.08 Å². The van der Waals surface area contributed by atoms with Crippen molar-refractivity contribution < 1.29 is 9.72 Å². The van der Waals surface area contributed by atoms with Gasteiger partial charge in [-0.25, -0.2) is 0 Å². The maximum Gasteiger partial charge on any atom is 0.270 e. The lowest BCUT2D eigenvalue weighted by molar-refractivity contribution is -0.384. The quantitative estimate of drug-likeness (QED) is 0.619. The number of carbonyl (C=O) groups is 1. The minimum absolute atomic E-state index is 0.0405. The van der Waals surface area contributed by atoms with Crippen molar-refractivity contribution in [1.29, 1.82) is 0 Å². The normalized spacial score (nSPS) is 10.6. The van der Waals surface area contributed by atoms with E-state index in [0.29, 0.717) is 5.56 Å². The largest absolute Gasteiger partial charge is 0.369 e. The second-order valence-corrected chi connectivity index (χ2v) is 3.43. The van der Waals surface area contributed by atoms with Gasteiger partial charge in [0.2, 0.25) is 5.91 Å². The Kier molecular flexibility index (Phi) is 3.77. The van der Waals surface area contributed by atoms with Gasteiger partial charge in [-0.2, -0.15) is 0 Å². The van der Waals surface area contributed by atoms with E-state index in [2.05, 4.69) is 0 Å². The molecule has 0 aromatic heterocycles. The Labute approximate surface area is 92.7 Å². The molecule has 84 valence electrons. The molecule has 0 bridgehead atoms. The molecule has 0 saturated heterocycles. The highest BCUT2D eigenvalue weighted by Crippen LogP contribution is 2.17. The molecule has 5 heteroatoms. The van der Waals surface area contributed by atoms with Gasteiger partial charge < -0.3 is 5.73 Å². The first kappa shape index (κ1) is 11.9. The van der Waals surface area contributed by atoms with Crippen LogP contribution in [-0.2, 0) is 4.79 Å². The molecular formula is C11H12N2O3. The van der Waals surface area contributed by atoms with Crippen LogP contribution in [0.3, 0.4) is 0 Å². The third-order valence-electron chi connectivity index (χ3n) is 1.92. The first-order chi connectivity index (χ1) is 7.49. The number of carbonyl (C=O) groups excluding carboxylic acids is 1. The van der Waals surface area contributed by atoms with Crippen molar-refractivity contribution in [2.24, 2.45) is 5.73 Å². The van der Waals surface area contributed by atoms with Crippen molar-refractivity contribution in [1.82, 2.24) is 0 Å². The van der Waals surface area contributed by atoms with Crippen molar-refractivity contribution in [3.63, 3.8) is 0 Å². The van der Waals surface area contributed by atoms with Crippen LogP contribution in [0.5, 0.6) is 0 Å². The van der Waals surface area contributed by atoms with E-state index in [9.17, 15) is 14.9 Å². The second-order valence-electron chi connectivity index (χ2n) is 3.43. The smallest absolute Gasteiger partial charge is 0.270 e. The maximum absolute atomic E-state index is 10.6. The molecule has 1 amide bonds. The van der Waals surface area contributed by atoms with Crippen molar-refractivity contribution >= 4 is 17.7 Å². The molecule has 0 aliphatic carbocycles. The van der Waals surface area contributed by atoms with Crippen LogP contribution in [0, 0.1) is 17.0 Å². The summed E-state index contributed by atoms with van der Waals surface area (Å²) in [6.07, 6.45) is 3.35. The lowest BCUT2D eigenvalue weighted by atomic mass is 10.1. The molecule has 0 unspecified atom stereocenters. The SMILES string of the molecule is Cc1cc(C=CCC(N)=O)cc([N+](=O)[O-])c1. The highest BCUT2D eigenvalue weighted by molar-refractivity contribution is 5.76. The molecule has 0 atom stereocenters. The van der Waals surface area contributed by atoms with Crippen LogP contribution >= 0.6 is 0 Å². The maximum atomic E-state index is 10.6. The third-order valence-corrected chi connectivity index (χ3v) is 1.92. The molecule has 0 saturated carbocycles. The number of benzene rings is 1. The predicted molar refractivity (Wildman–Crippen MR) is 60.7 cm³/mol. The van der Waals surface area contributed by atoms with Crippen molar-refractivity contribution in [2.75, 3.05) is 0 Å². The molecule has 0 spiro atoms. The minimum atomic E-state index is -0.446. The molecule has 0 aliphatic rings. The number of aryl methyl sites for hydroxylation is 1. The number of rotatable bonds is 4. The van der Waals surface area contributed by atoms with Gasteiger partial charge in [-0.15, -0.1) is 0 Å². The summed E-state index contributed by atoms with van der Waals surface area (Å²) in [5, 5.41) is 10.6. The number of nitrogens with zero attached hydrogens (tertiary/aromatic N) is 1. The Balaban J connectivity index is 2.92. The number of nitro groups is 1. The van der Waals surface area contributed by atoms with Gasteiger partial charge in [0.15, 0.2) is 0 Å². The van der Waals surface area contributed by atoms with Gasteiger partial charge in [-0.3, -0.25) is 14.9 Å². The fourth-order valence-electron chi connectivity index (χ4n) is 1.30. The van der Waals surface area contributed by atoms with Gasteiger partial charge in [-0.05, 0) is 18.1 Å². The number of hydrogen-bond donors (Lipinski definition) is 1. The second kappa shape index (κ2) is 5.06. The molecule has 0 heterocycles. The number of nitro benzene ring substituents is 1. The Hall–Kier alpha value is -2.17. The van der Waals surface area contributed by atoms with Gasteiger partial charge in [-0.1, -0.05) is 18.2 Å². The van der Waals surface area contributed by atoms with Crippen LogP contribution in [0.2, 0.25) is 0 Å². The Bertz CT molecular complexity index is 453. The van der Waals surface area contributed by atoms with Crippen LogP contribution < -0.4 is 5.73 Å². The molecule has 5 nitrogen and oxygen atoms in total. The topological polar surface area (TPSA) is 86.2 Å². The molecule has 1 aromatic rings. The van der Waals surface area contributed by atoms with E-state index in [1.54, 1.807) is 25.1 Å². The molecular weight excluding hydrogens is 208 g/mol. The highest BCUT2D eigenvalue weighted by Gasteiger charge is 2.06. The van der Waals surface area contributed by atoms with Crippen LogP contribution in [0.1, 0.15) is 17.5 Å². The van der Waals surface area contributed by atoms with Crippen LogP contribution in [0.4, 0.5) is 5.69 Å². The van der Waals surface area contributed by atoms with Gasteiger partial charge in [0, 0.05) is 18.6 Å². The highest BCUT2D eigenvalue weighted by atomic mass is 16.6. The van der Waals surface area contributed by atoms with E-state index >= 15 is 0 Å². The average Bonchev–Trinajstić information content (AvgIpc) is 2.16. The molecule has 0 aliphatic heterocycles. The predicted octanol–water partition coefficient (Wildman–Crippen LogP) is 1.79. The first-order valence-electron chi connectivity index (χ1n) is 4.70. The Morgan fingerprint density at radius 2 is 2.19 bits per heavy atom. The fourth-order valence-corrected chi connectivity index (χ4v) is 1.30. The van der Waals surface area contributed by atoms with Gasteiger partial charge in [0.1, 0.15) is 0 Å². The van der Waals surface area contributed by atoms with E-state index in [0.717, 1.165) is 5.56 Å². The van der Waals surface area contributed by atoms with E-state index in [4.69, 9.17) is 5.73 Å². The number of amides is 1. The molecule has 1 rings (SSSR count).